The monoisotopic (exact) mass is 335 g/mol. The Bertz CT molecular complexity index is 545. The number of nitrogens with zero attached hydrogens (tertiary/aromatic N) is 1. The SMILES string of the molecule is CCNC(=NCC(C)SC)NC1CC(C)(C)Oc2ccccc21. The molecule has 0 saturated carbocycles. The molecular weight excluding hydrogens is 306 g/mol. The van der Waals surface area contributed by atoms with Gasteiger partial charge in [0.05, 0.1) is 12.6 Å². The Morgan fingerprint density at radius 2 is 2.17 bits per heavy atom. The van der Waals surface area contributed by atoms with Gasteiger partial charge < -0.3 is 15.4 Å². The number of para-hydroxylation sites is 1. The second kappa shape index (κ2) is 7.95. The molecule has 23 heavy (non-hydrogen) atoms. The lowest BCUT2D eigenvalue weighted by atomic mass is 9.90. The number of rotatable bonds is 5. The summed E-state index contributed by atoms with van der Waals surface area (Å²) in [6, 6.07) is 8.48. The van der Waals surface area contributed by atoms with Gasteiger partial charge in [-0.25, -0.2) is 0 Å². The van der Waals surface area contributed by atoms with Gasteiger partial charge in [0.15, 0.2) is 5.96 Å². The van der Waals surface area contributed by atoms with Crippen molar-refractivity contribution in [3.8, 4) is 5.75 Å². The van der Waals surface area contributed by atoms with Gasteiger partial charge in [-0.15, -0.1) is 0 Å². The predicted molar refractivity (Wildman–Crippen MR) is 101 cm³/mol. The van der Waals surface area contributed by atoms with Gasteiger partial charge in [-0.1, -0.05) is 25.1 Å². The van der Waals surface area contributed by atoms with E-state index in [1.54, 1.807) is 0 Å². The van der Waals surface area contributed by atoms with Crippen LogP contribution in [0.1, 0.15) is 45.7 Å². The van der Waals surface area contributed by atoms with E-state index < -0.39 is 0 Å². The van der Waals surface area contributed by atoms with Crippen molar-refractivity contribution in [2.24, 2.45) is 4.99 Å². The maximum absolute atomic E-state index is 6.10. The summed E-state index contributed by atoms with van der Waals surface area (Å²) in [7, 11) is 0. The van der Waals surface area contributed by atoms with Crippen LogP contribution in [0.25, 0.3) is 0 Å². The summed E-state index contributed by atoms with van der Waals surface area (Å²) in [6.07, 6.45) is 3.03. The maximum Gasteiger partial charge on any atom is 0.191 e. The van der Waals surface area contributed by atoms with Gasteiger partial charge in [0.25, 0.3) is 0 Å². The first-order chi connectivity index (χ1) is 10.9. The molecular formula is C18H29N3OS. The van der Waals surface area contributed by atoms with E-state index in [9.17, 15) is 0 Å². The first kappa shape index (κ1) is 18.0. The number of ether oxygens (including phenoxy) is 1. The molecule has 5 heteroatoms. The van der Waals surface area contributed by atoms with Gasteiger partial charge in [0.2, 0.25) is 0 Å². The molecule has 2 atom stereocenters. The quantitative estimate of drug-likeness (QED) is 0.637. The van der Waals surface area contributed by atoms with Crippen molar-refractivity contribution in [3.63, 3.8) is 0 Å². The third-order valence-corrected chi connectivity index (χ3v) is 4.89. The third kappa shape index (κ3) is 5.06. The molecule has 0 saturated heterocycles. The van der Waals surface area contributed by atoms with E-state index in [-0.39, 0.29) is 11.6 Å². The summed E-state index contributed by atoms with van der Waals surface area (Å²) in [4.78, 5) is 4.73. The van der Waals surface area contributed by atoms with Crippen LogP contribution >= 0.6 is 11.8 Å². The normalized spacial score (nSPS) is 21.1. The minimum atomic E-state index is -0.185. The fraction of sp³-hybridized carbons (Fsp3) is 0.611. The van der Waals surface area contributed by atoms with Crippen molar-refractivity contribution >= 4 is 17.7 Å². The number of hydrogen-bond donors (Lipinski definition) is 2. The second-order valence-corrected chi connectivity index (χ2v) is 7.84. The summed E-state index contributed by atoms with van der Waals surface area (Å²) >= 11 is 1.84. The molecule has 4 nitrogen and oxygen atoms in total. The third-order valence-electron chi connectivity index (χ3n) is 3.94. The molecule has 1 aromatic rings. The molecule has 2 rings (SSSR count). The van der Waals surface area contributed by atoms with Crippen LogP contribution in [0.15, 0.2) is 29.3 Å². The number of fused-ring (bicyclic) bond motifs is 1. The van der Waals surface area contributed by atoms with Gasteiger partial charge in [-0.3, -0.25) is 4.99 Å². The van der Waals surface area contributed by atoms with Crippen LogP contribution in [0.5, 0.6) is 5.75 Å². The Hall–Kier alpha value is -1.36. The highest BCUT2D eigenvalue weighted by atomic mass is 32.2. The number of thioether (sulfide) groups is 1. The first-order valence-electron chi connectivity index (χ1n) is 8.30. The summed E-state index contributed by atoms with van der Waals surface area (Å²) in [5.74, 6) is 1.85. The van der Waals surface area contributed by atoms with E-state index in [1.165, 1.54) is 5.56 Å². The molecule has 0 aromatic heterocycles. The second-order valence-electron chi connectivity index (χ2n) is 6.57. The lowest BCUT2D eigenvalue weighted by Gasteiger charge is -2.38. The van der Waals surface area contributed by atoms with Crippen molar-refractivity contribution in [3.05, 3.63) is 29.8 Å². The smallest absolute Gasteiger partial charge is 0.191 e. The number of benzene rings is 1. The Morgan fingerprint density at radius 3 is 2.87 bits per heavy atom. The van der Waals surface area contributed by atoms with Crippen molar-refractivity contribution in [2.75, 3.05) is 19.3 Å². The Morgan fingerprint density at radius 1 is 1.43 bits per heavy atom. The van der Waals surface area contributed by atoms with Crippen LogP contribution in [0.3, 0.4) is 0 Å². The Kier molecular flexibility index (Phi) is 6.22. The molecule has 2 unspecified atom stereocenters. The average Bonchev–Trinajstić information content (AvgIpc) is 2.51. The first-order valence-corrected chi connectivity index (χ1v) is 9.59. The average molecular weight is 336 g/mol. The van der Waals surface area contributed by atoms with E-state index >= 15 is 0 Å². The van der Waals surface area contributed by atoms with Gasteiger partial charge in [0.1, 0.15) is 11.4 Å². The molecule has 0 bridgehead atoms. The number of guanidine groups is 1. The summed E-state index contributed by atoms with van der Waals surface area (Å²) in [6.45, 7) is 10.2. The highest BCUT2D eigenvalue weighted by Gasteiger charge is 2.33. The number of hydrogen-bond acceptors (Lipinski definition) is 3. The fourth-order valence-corrected chi connectivity index (χ4v) is 2.93. The number of nitrogens with one attached hydrogen (secondary N) is 2. The molecule has 1 aromatic carbocycles. The molecule has 0 radical (unpaired) electrons. The zero-order valence-electron chi connectivity index (χ0n) is 14.8. The molecule has 128 valence electrons. The Balaban J connectivity index is 2.18. The van der Waals surface area contributed by atoms with Gasteiger partial charge >= 0.3 is 0 Å². The lowest BCUT2D eigenvalue weighted by molar-refractivity contribution is 0.0694. The fourth-order valence-electron chi connectivity index (χ4n) is 2.71. The molecule has 0 fully saturated rings. The predicted octanol–water partition coefficient (Wildman–Crippen LogP) is 3.60. The largest absolute Gasteiger partial charge is 0.487 e. The van der Waals surface area contributed by atoms with E-state index in [2.05, 4.69) is 56.7 Å². The van der Waals surface area contributed by atoms with Gasteiger partial charge in [-0.2, -0.15) is 11.8 Å². The maximum atomic E-state index is 6.10. The minimum absolute atomic E-state index is 0.185. The molecule has 0 amide bonds. The van der Waals surface area contributed by atoms with Crippen molar-refractivity contribution in [1.29, 1.82) is 0 Å². The topological polar surface area (TPSA) is 45.7 Å². The van der Waals surface area contributed by atoms with Crippen LogP contribution in [0.2, 0.25) is 0 Å². The summed E-state index contributed by atoms with van der Waals surface area (Å²) in [5.41, 5.74) is 1.02. The van der Waals surface area contributed by atoms with Crippen molar-refractivity contribution in [1.82, 2.24) is 10.6 Å². The molecule has 1 heterocycles. The Labute approximate surface area is 144 Å². The van der Waals surface area contributed by atoms with Crippen molar-refractivity contribution < 1.29 is 4.74 Å². The van der Waals surface area contributed by atoms with Crippen LogP contribution < -0.4 is 15.4 Å². The highest BCUT2D eigenvalue weighted by Crippen LogP contribution is 2.39. The standard InChI is InChI=1S/C18H29N3OS/c1-6-19-17(20-12-13(2)23-5)21-15-11-18(3,4)22-16-10-8-7-9-14(15)16/h7-10,13,15H,6,11-12H2,1-5H3,(H2,19,20,21). The van der Waals surface area contributed by atoms with Crippen LogP contribution in [-0.2, 0) is 0 Å². The summed E-state index contributed by atoms with van der Waals surface area (Å²) in [5, 5.41) is 7.47. The van der Waals surface area contributed by atoms with Gasteiger partial charge in [0, 0.05) is 23.8 Å². The van der Waals surface area contributed by atoms with E-state index in [0.29, 0.717) is 5.25 Å². The molecule has 1 aliphatic heterocycles. The highest BCUT2D eigenvalue weighted by molar-refractivity contribution is 7.99. The zero-order chi connectivity index (χ0) is 16.9. The van der Waals surface area contributed by atoms with Crippen LogP contribution in [0, 0.1) is 0 Å². The molecule has 0 spiro atoms. The van der Waals surface area contributed by atoms with Crippen molar-refractivity contribution in [2.45, 2.75) is 51.0 Å². The lowest BCUT2D eigenvalue weighted by Crippen LogP contribution is -2.45. The molecule has 2 N–H and O–H groups in total. The van der Waals surface area contributed by atoms with E-state index in [0.717, 1.165) is 31.2 Å². The van der Waals surface area contributed by atoms with E-state index in [1.807, 2.05) is 23.9 Å². The number of aliphatic imine (C=N–C) groups is 1. The van der Waals surface area contributed by atoms with Crippen LogP contribution in [-0.4, -0.2) is 36.2 Å². The zero-order valence-corrected chi connectivity index (χ0v) is 15.7. The summed E-state index contributed by atoms with van der Waals surface area (Å²) < 4.78 is 6.10. The van der Waals surface area contributed by atoms with E-state index in [4.69, 9.17) is 9.73 Å². The van der Waals surface area contributed by atoms with Crippen LogP contribution in [0.4, 0.5) is 0 Å². The van der Waals surface area contributed by atoms with Gasteiger partial charge in [-0.05, 0) is 33.1 Å². The molecule has 0 aliphatic carbocycles. The minimum Gasteiger partial charge on any atom is -0.487 e. The molecule has 1 aliphatic rings.